The van der Waals surface area contributed by atoms with Crippen molar-refractivity contribution in [3.63, 3.8) is 0 Å². The lowest BCUT2D eigenvalue weighted by molar-refractivity contribution is -0.120. The van der Waals surface area contributed by atoms with Crippen LogP contribution in [0.2, 0.25) is 0 Å². The number of nitrogen functional groups attached to an aromatic ring is 1. The van der Waals surface area contributed by atoms with Gasteiger partial charge in [0.2, 0.25) is 11.1 Å². The summed E-state index contributed by atoms with van der Waals surface area (Å²) in [6.07, 6.45) is 0.798. The van der Waals surface area contributed by atoms with Gasteiger partial charge in [0, 0.05) is 19.8 Å². The largest absolute Gasteiger partial charge is 0.382 e. The third-order valence-corrected chi connectivity index (χ3v) is 4.95. The van der Waals surface area contributed by atoms with Gasteiger partial charge in [0.25, 0.3) is 0 Å². The minimum Gasteiger partial charge on any atom is -0.382 e. The first-order valence-corrected chi connectivity index (χ1v) is 9.16. The van der Waals surface area contributed by atoms with Crippen LogP contribution in [0.5, 0.6) is 0 Å². The highest BCUT2D eigenvalue weighted by Gasteiger charge is 2.19. The Labute approximate surface area is 143 Å². The molecule has 0 saturated carbocycles. The number of nitrogens with two attached hydrogens (primary N) is 1. The van der Waals surface area contributed by atoms with E-state index in [1.165, 1.54) is 16.4 Å². The standard InChI is InChI=1S/C14H21N5O2S2/c1-3-21-8-5-7-16-13(20)10(2)23-14-18-17-12(19(14)15)11-6-4-9-22-11/h4,6,9-10H,3,5,7-8,15H2,1-2H3,(H,16,20). The van der Waals surface area contributed by atoms with Gasteiger partial charge in [0.05, 0.1) is 10.1 Å². The Hall–Kier alpha value is -1.58. The lowest BCUT2D eigenvalue weighted by atomic mass is 10.4. The summed E-state index contributed by atoms with van der Waals surface area (Å²) in [6, 6.07) is 3.86. The smallest absolute Gasteiger partial charge is 0.233 e. The Bertz CT molecular complexity index is 615. The molecule has 0 bridgehead atoms. The molecule has 2 heterocycles. The summed E-state index contributed by atoms with van der Waals surface area (Å²) >= 11 is 2.83. The van der Waals surface area contributed by atoms with Gasteiger partial charge in [0.1, 0.15) is 0 Å². The maximum absolute atomic E-state index is 12.1. The molecule has 1 atom stereocenters. The van der Waals surface area contributed by atoms with Crippen LogP contribution in [0.25, 0.3) is 10.7 Å². The van der Waals surface area contributed by atoms with E-state index in [-0.39, 0.29) is 11.2 Å². The summed E-state index contributed by atoms with van der Waals surface area (Å²) in [5, 5.41) is 13.2. The number of hydrogen-bond donors (Lipinski definition) is 2. The second-order valence-corrected chi connectivity index (χ2v) is 7.01. The SMILES string of the molecule is CCOCCCNC(=O)C(C)Sc1nnc(-c2cccs2)n1N. The van der Waals surface area contributed by atoms with Crippen LogP contribution in [0.1, 0.15) is 20.3 Å². The first kappa shape index (κ1) is 17.8. The zero-order valence-electron chi connectivity index (χ0n) is 13.2. The van der Waals surface area contributed by atoms with Crippen molar-refractivity contribution in [3.8, 4) is 10.7 Å². The van der Waals surface area contributed by atoms with E-state index in [0.717, 1.165) is 11.3 Å². The first-order valence-electron chi connectivity index (χ1n) is 7.40. The molecular weight excluding hydrogens is 334 g/mol. The molecule has 23 heavy (non-hydrogen) atoms. The number of amides is 1. The van der Waals surface area contributed by atoms with Gasteiger partial charge >= 0.3 is 0 Å². The van der Waals surface area contributed by atoms with Crippen molar-refractivity contribution < 1.29 is 9.53 Å². The molecule has 3 N–H and O–H groups in total. The number of aromatic nitrogens is 3. The summed E-state index contributed by atoms with van der Waals surface area (Å²) in [5.74, 6) is 6.58. The molecular formula is C14H21N5O2S2. The Balaban J connectivity index is 1.85. The normalized spacial score (nSPS) is 12.3. The van der Waals surface area contributed by atoms with E-state index in [9.17, 15) is 4.79 Å². The zero-order valence-corrected chi connectivity index (χ0v) is 14.8. The summed E-state index contributed by atoms with van der Waals surface area (Å²) in [7, 11) is 0. The molecule has 0 aliphatic rings. The molecule has 0 fully saturated rings. The van der Waals surface area contributed by atoms with E-state index in [4.69, 9.17) is 10.6 Å². The minimum atomic E-state index is -0.301. The van der Waals surface area contributed by atoms with Gasteiger partial charge < -0.3 is 15.9 Å². The van der Waals surface area contributed by atoms with E-state index in [2.05, 4.69) is 15.5 Å². The Morgan fingerprint density at radius 1 is 1.57 bits per heavy atom. The number of thiophene rings is 1. The summed E-state index contributed by atoms with van der Waals surface area (Å²) in [6.45, 7) is 5.71. The lowest BCUT2D eigenvalue weighted by Gasteiger charge is -2.11. The maximum atomic E-state index is 12.1. The highest BCUT2D eigenvalue weighted by atomic mass is 32.2. The monoisotopic (exact) mass is 355 g/mol. The van der Waals surface area contributed by atoms with Crippen molar-refractivity contribution in [2.45, 2.75) is 30.7 Å². The van der Waals surface area contributed by atoms with Crippen molar-refractivity contribution in [3.05, 3.63) is 17.5 Å². The molecule has 9 heteroatoms. The van der Waals surface area contributed by atoms with Gasteiger partial charge in [-0.15, -0.1) is 21.5 Å². The molecule has 1 unspecified atom stereocenters. The minimum absolute atomic E-state index is 0.0489. The van der Waals surface area contributed by atoms with Crippen LogP contribution in [0.15, 0.2) is 22.7 Å². The molecule has 2 aromatic rings. The van der Waals surface area contributed by atoms with Gasteiger partial charge in [-0.25, -0.2) is 4.68 Å². The third-order valence-electron chi connectivity index (χ3n) is 3.03. The molecule has 0 aliphatic heterocycles. The van der Waals surface area contributed by atoms with Gasteiger partial charge in [-0.1, -0.05) is 17.8 Å². The molecule has 1 amide bonds. The van der Waals surface area contributed by atoms with Crippen molar-refractivity contribution >= 4 is 29.0 Å². The molecule has 126 valence electrons. The van der Waals surface area contributed by atoms with E-state index in [0.29, 0.717) is 30.7 Å². The molecule has 0 radical (unpaired) electrons. The van der Waals surface area contributed by atoms with Crippen LogP contribution < -0.4 is 11.2 Å². The van der Waals surface area contributed by atoms with Crippen molar-refractivity contribution in [2.75, 3.05) is 25.6 Å². The van der Waals surface area contributed by atoms with Gasteiger partial charge in [0.15, 0.2) is 5.82 Å². The lowest BCUT2D eigenvalue weighted by Crippen LogP contribution is -2.32. The van der Waals surface area contributed by atoms with E-state index in [1.807, 2.05) is 31.4 Å². The van der Waals surface area contributed by atoms with Crippen LogP contribution in [0, 0.1) is 0 Å². The number of hydrogen-bond acceptors (Lipinski definition) is 7. The van der Waals surface area contributed by atoms with Crippen molar-refractivity contribution in [1.29, 1.82) is 0 Å². The maximum Gasteiger partial charge on any atom is 0.233 e. The van der Waals surface area contributed by atoms with Crippen LogP contribution in [-0.2, 0) is 9.53 Å². The number of thioether (sulfide) groups is 1. The second-order valence-electron chi connectivity index (χ2n) is 4.76. The average molecular weight is 355 g/mol. The number of ether oxygens (including phenoxy) is 1. The van der Waals surface area contributed by atoms with Crippen LogP contribution in [-0.4, -0.2) is 45.8 Å². The highest BCUT2D eigenvalue weighted by Crippen LogP contribution is 2.27. The summed E-state index contributed by atoms with van der Waals surface area (Å²) in [4.78, 5) is 13.0. The number of nitrogens with one attached hydrogen (secondary N) is 1. The topological polar surface area (TPSA) is 95.1 Å². The highest BCUT2D eigenvalue weighted by molar-refractivity contribution is 8.00. The number of rotatable bonds is 9. The Kier molecular flexibility index (Phi) is 6.87. The first-order chi connectivity index (χ1) is 11.1. The third kappa shape index (κ3) is 4.95. The predicted molar refractivity (Wildman–Crippen MR) is 92.9 cm³/mol. The van der Waals surface area contributed by atoms with Crippen molar-refractivity contribution in [1.82, 2.24) is 20.2 Å². The van der Waals surface area contributed by atoms with E-state index in [1.54, 1.807) is 11.3 Å². The fraction of sp³-hybridized carbons (Fsp3) is 0.500. The molecule has 2 rings (SSSR count). The van der Waals surface area contributed by atoms with Gasteiger partial charge in [-0.05, 0) is 31.7 Å². The van der Waals surface area contributed by atoms with Crippen molar-refractivity contribution in [2.24, 2.45) is 0 Å². The molecule has 0 spiro atoms. The molecule has 2 aromatic heterocycles. The van der Waals surface area contributed by atoms with Gasteiger partial charge in [-0.2, -0.15) is 0 Å². The van der Waals surface area contributed by atoms with Crippen LogP contribution >= 0.6 is 23.1 Å². The average Bonchev–Trinajstić information content (AvgIpc) is 3.17. The fourth-order valence-electron chi connectivity index (χ4n) is 1.82. The summed E-state index contributed by atoms with van der Waals surface area (Å²) < 4.78 is 6.66. The predicted octanol–water partition coefficient (Wildman–Crippen LogP) is 1.74. The van der Waals surface area contributed by atoms with E-state index < -0.39 is 0 Å². The molecule has 0 aromatic carbocycles. The van der Waals surface area contributed by atoms with Crippen LogP contribution in [0.3, 0.4) is 0 Å². The van der Waals surface area contributed by atoms with Crippen LogP contribution in [0.4, 0.5) is 0 Å². The quantitative estimate of drug-likeness (QED) is 0.404. The van der Waals surface area contributed by atoms with E-state index >= 15 is 0 Å². The molecule has 0 saturated heterocycles. The number of carbonyl (C=O) groups is 1. The fourth-order valence-corrected chi connectivity index (χ4v) is 3.32. The Morgan fingerprint density at radius 2 is 2.39 bits per heavy atom. The second kappa shape index (κ2) is 8.90. The number of nitrogens with zero attached hydrogens (tertiary/aromatic N) is 3. The van der Waals surface area contributed by atoms with Gasteiger partial charge in [-0.3, -0.25) is 4.79 Å². The molecule has 7 nitrogen and oxygen atoms in total. The number of carbonyl (C=O) groups excluding carboxylic acids is 1. The Morgan fingerprint density at radius 3 is 3.09 bits per heavy atom. The molecule has 0 aliphatic carbocycles. The zero-order chi connectivity index (χ0) is 16.7. The summed E-state index contributed by atoms with van der Waals surface area (Å²) in [5.41, 5.74) is 0.